The summed E-state index contributed by atoms with van der Waals surface area (Å²) in [6.07, 6.45) is 0.356. The number of ether oxygens (including phenoxy) is 1. The van der Waals surface area contributed by atoms with E-state index in [-0.39, 0.29) is 24.7 Å². The molecule has 1 fully saturated rings. The summed E-state index contributed by atoms with van der Waals surface area (Å²) < 4.78 is 5.16. The molecular formula is C13H23NO3S2. The van der Waals surface area contributed by atoms with Gasteiger partial charge in [0.05, 0.1) is 6.42 Å². The van der Waals surface area contributed by atoms with Crippen LogP contribution < -0.4 is 5.32 Å². The highest BCUT2D eigenvalue weighted by molar-refractivity contribution is 8.06. The molecule has 0 aromatic heterocycles. The predicted molar refractivity (Wildman–Crippen MR) is 81.7 cm³/mol. The summed E-state index contributed by atoms with van der Waals surface area (Å²) in [5.74, 6) is 3.07. The molecule has 1 rings (SSSR count). The van der Waals surface area contributed by atoms with Crippen molar-refractivity contribution in [1.29, 1.82) is 0 Å². The van der Waals surface area contributed by atoms with E-state index in [1.807, 2.05) is 44.3 Å². The van der Waals surface area contributed by atoms with Crippen LogP contribution in [0.4, 0.5) is 0 Å². The fraction of sp³-hybridized carbons (Fsp3) is 0.846. The second-order valence-corrected chi connectivity index (χ2v) is 8.02. The maximum atomic E-state index is 11.6. The Bertz CT molecular complexity index is 310. The third-order valence-corrected chi connectivity index (χ3v) is 5.23. The first-order valence-corrected chi connectivity index (χ1v) is 8.75. The summed E-state index contributed by atoms with van der Waals surface area (Å²) >= 11 is 3.84. The highest BCUT2D eigenvalue weighted by atomic mass is 32.2. The summed E-state index contributed by atoms with van der Waals surface area (Å²) in [6.45, 7) is 6.17. The van der Waals surface area contributed by atoms with Gasteiger partial charge in [-0.05, 0) is 20.8 Å². The summed E-state index contributed by atoms with van der Waals surface area (Å²) in [5.41, 5.74) is -0.483. The second-order valence-electron chi connectivity index (χ2n) is 5.46. The SMILES string of the molecule is CC(C)(C)OC(=O)CCC(=O)NCC1CSCCS1. The van der Waals surface area contributed by atoms with Gasteiger partial charge >= 0.3 is 5.97 Å². The number of hydrogen-bond donors (Lipinski definition) is 1. The van der Waals surface area contributed by atoms with Gasteiger partial charge in [-0.1, -0.05) is 0 Å². The minimum Gasteiger partial charge on any atom is -0.460 e. The topological polar surface area (TPSA) is 55.4 Å². The van der Waals surface area contributed by atoms with Crippen molar-refractivity contribution in [2.45, 2.75) is 44.5 Å². The number of rotatable bonds is 5. The number of carbonyl (C=O) groups is 2. The molecule has 0 aromatic rings. The van der Waals surface area contributed by atoms with E-state index in [9.17, 15) is 9.59 Å². The average Bonchev–Trinajstić information content (AvgIpc) is 2.33. The lowest BCUT2D eigenvalue weighted by Crippen LogP contribution is -2.34. The normalized spacial score (nSPS) is 19.8. The number of carbonyl (C=O) groups excluding carboxylic acids is 2. The molecule has 1 aliphatic heterocycles. The molecule has 1 heterocycles. The maximum Gasteiger partial charge on any atom is 0.306 e. The second kappa shape index (κ2) is 8.04. The van der Waals surface area contributed by atoms with Gasteiger partial charge in [0.15, 0.2) is 0 Å². The van der Waals surface area contributed by atoms with E-state index >= 15 is 0 Å². The molecule has 1 amide bonds. The van der Waals surface area contributed by atoms with E-state index in [0.29, 0.717) is 11.8 Å². The maximum absolute atomic E-state index is 11.6. The van der Waals surface area contributed by atoms with Gasteiger partial charge in [0.2, 0.25) is 5.91 Å². The summed E-state index contributed by atoms with van der Waals surface area (Å²) in [4.78, 5) is 23.1. The van der Waals surface area contributed by atoms with Gasteiger partial charge in [-0.25, -0.2) is 0 Å². The van der Waals surface area contributed by atoms with Crippen LogP contribution in [0.3, 0.4) is 0 Å². The molecule has 0 bridgehead atoms. The van der Waals surface area contributed by atoms with Crippen molar-refractivity contribution in [3.8, 4) is 0 Å². The van der Waals surface area contributed by atoms with Crippen molar-refractivity contribution in [2.75, 3.05) is 23.8 Å². The van der Waals surface area contributed by atoms with Gasteiger partial charge in [0.1, 0.15) is 5.60 Å². The number of amides is 1. The standard InChI is InChI=1S/C13H23NO3S2/c1-13(2,3)17-12(16)5-4-11(15)14-8-10-9-18-6-7-19-10/h10H,4-9H2,1-3H3,(H,14,15). The first kappa shape index (κ1) is 16.7. The van der Waals surface area contributed by atoms with Gasteiger partial charge in [-0.15, -0.1) is 0 Å². The Morgan fingerprint density at radius 2 is 2.00 bits per heavy atom. The van der Waals surface area contributed by atoms with Crippen molar-refractivity contribution < 1.29 is 14.3 Å². The minimum absolute atomic E-state index is 0.0676. The third kappa shape index (κ3) is 8.42. The summed E-state index contributed by atoms with van der Waals surface area (Å²) in [7, 11) is 0. The highest BCUT2D eigenvalue weighted by Gasteiger charge is 2.18. The molecule has 19 heavy (non-hydrogen) atoms. The van der Waals surface area contributed by atoms with Gasteiger partial charge < -0.3 is 10.1 Å². The fourth-order valence-corrected chi connectivity index (χ4v) is 4.19. The number of esters is 1. The highest BCUT2D eigenvalue weighted by Crippen LogP contribution is 2.23. The van der Waals surface area contributed by atoms with Crippen LogP contribution in [-0.2, 0) is 14.3 Å². The average molecular weight is 305 g/mol. The molecule has 1 N–H and O–H groups in total. The lowest BCUT2D eigenvalue weighted by molar-refractivity contribution is -0.155. The molecule has 0 radical (unpaired) electrons. The first-order valence-electron chi connectivity index (χ1n) is 6.55. The summed E-state index contributed by atoms with van der Waals surface area (Å²) in [5, 5.41) is 3.39. The van der Waals surface area contributed by atoms with E-state index < -0.39 is 5.60 Å². The number of hydrogen-bond acceptors (Lipinski definition) is 5. The molecule has 0 aliphatic carbocycles. The molecule has 110 valence electrons. The van der Waals surface area contributed by atoms with E-state index in [4.69, 9.17) is 4.74 Å². The van der Waals surface area contributed by atoms with Gasteiger partial charge in [0, 0.05) is 35.5 Å². The molecule has 1 atom stereocenters. The van der Waals surface area contributed by atoms with Crippen molar-refractivity contribution in [3.63, 3.8) is 0 Å². The van der Waals surface area contributed by atoms with Crippen LogP contribution in [-0.4, -0.2) is 46.5 Å². The van der Waals surface area contributed by atoms with Crippen molar-refractivity contribution in [2.24, 2.45) is 0 Å². The third-order valence-electron chi connectivity index (χ3n) is 2.39. The fourth-order valence-electron chi connectivity index (χ4n) is 1.58. The molecule has 6 heteroatoms. The zero-order chi connectivity index (χ0) is 14.3. The van der Waals surface area contributed by atoms with E-state index in [1.165, 1.54) is 5.75 Å². The Hall–Kier alpha value is -0.360. The van der Waals surface area contributed by atoms with Crippen LogP contribution >= 0.6 is 23.5 Å². The Balaban J connectivity index is 2.12. The smallest absolute Gasteiger partial charge is 0.306 e. The monoisotopic (exact) mass is 305 g/mol. The molecule has 4 nitrogen and oxygen atoms in total. The van der Waals surface area contributed by atoms with Crippen LogP contribution in [0.2, 0.25) is 0 Å². The lowest BCUT2D eigenvalue weighted by Gasteiger charge is -2.21. The zero-order valence-corrected chi connectivity index (χ0v) is 13.5. The lowest BCUT2D eigenvalue weighted by atomic mass is 10.2. The molecule has 0 aromatic carbocycles. The Morgan fingerprint density at radius 1 is 1.26 bits per heavy atom. The van der Waals surface area contributed by atoms with E-state index in [0.717, 1.165) is 11.5 Å². The summed E-state index contributed by atoms with van der Waals surface area (Å²) in [6, 6.07) is 0. The minimum atomic E-state index is -0.483. The molecule has 1 saturated heterocycles. The Kier molecular flexibility index (Phi) is 7.07. The van der Waals surface area contributed by atoms with Crippen molar-refractivity contribution >= 4 is 35.4 Å². The first-order chi connectivity index (χ1) is 8.87. The van der Waals surface area contributed by atoms with Crippen LogP contribution in [0.15, 0.2) is 0 Å². The van der Waals surface area contributed by atoms with Crippen molar-refractivity contribution in [1.82, 2.24) is 5.32 Å². The zero-order valence-electron chi connectivity index (χ0n) is 11.9. The molecular weight excluding hydrogens is 282 g/mol. The molecule has 0 spiro atoms. The number of thioether (sulfide) groups is 2. The van der Waals surface area contributed by atoms with Crippen molar-refractivity contribution in [3.05, 3.63) is 0 Å². The Labute approximate surface area is 123 Å². The van der Waals surface area contributed by atoms with Gasteiger partial charge in [-0.2, -0.15) is 23.5 Å². The van der Waals surface area contributed by atoms with Crippen LogP contribution in [0, 0.1) is 0 Å². The van der Waals surface area contributed by atoms with E-state index in [2.05, 4.69) is 5.32 Å². The quantitative estimate of drug-likeness (QED) is 0.788. The molecule has 1 unspecified atom stereocenters. The number of nitrogens with one attached hydrogen (secondary N) is 1. The predicted octanol–water partition coefficient (Wildman–Crippen LogP) is 2.07. The van der Waals surface area contributed by atoms with Gasteiger partial charge in [0.25, 0.3) is 0 Å². The van der Waals surface area contributed by atoms with Crippen LogP contribution in [0.1, 0.15) is 33.6 Å². The van der Waals surface area contributed by atoms with Crippen LogP contribution in [0.25, 0.3) is 0 Å². The largest absolute Gasteiger partial charge is 0.460 e. The van der Waals surface area contributed by atoms with E-state index in [1.54, 1.807) is 0 Å². The Morgan fingerprint density at radius 3 is 2.58 bits per heavy atom. The van der Waals surface area contributed by atoms with Crippen LogP contribution in [0.5, 0.6) is 0 Å². The molecule has 1 aliphatic rings. The van der Waals surface area contributed by atoms with Gasteiger partial charge in [-0.3, -0.25) is 9.59 Å². The molecule has 0 saturated carbocycles.